The Labute approximate surface area is 205 Å². The molecule has 1 amide bonds. The van der Waals surface area contributed by atoms with Crippen molar-refractivity contribution in [3.05, 3.63) is 53.3 Å². The number of aryl methyl sites for hydroxylation is 1. The van der Waals surface area contributed by atoms with Gasteiger partial charge in [-0.3, -0.25) is 9.78 Å². The maximum atomic E-state index is 13.7. The first-order valence-electron chi connectivity index (χ1n) is 12.7. The highest BCUT2D eigenvalue weighted by molar-refractivity contribution is 5.99. The lowest BCUT2D eigenvalue weighted by Gasteiger charge is -2.57. The molecule has 35 heavy (non-hydrogen) atoms. The van der Waals surface area contributed by atoms with Crippen LogP contribution >= 0.6 is 0 Å². The lowest BCUT2D eigenvalue weighted by molar-refractivity contribution is -0.0380. The van der Waals surface area contributed by atoms with Crippen LogP contribution in [0.4, 0.5) is 8.78 Å². The van der Waals surface area contributed by atoms with Crippen LogP contribution in [0.1, 0.15) is 80.0 Å². The molecule has 0 aromatic carbocycles. The molecule has 186 valence electrons. The van der Waals surface area contributed by atoms with E-state index in [9.17, 15) is 13.6 Å². The number of halogens is 2. The van der Waals surface area contributed by atoms with Gasteiger partial charge in [0.15, 0.2) is 0 Å². The van der Waals surface area contributed by atoms with Gasteiger partial charge in [0.05, 0.1) is 5.70 Å². The van der Waals surface area contributed by atoms with Crippen molar-refractivity contribution in [3.63, 3.8) is 0 Å². The Kier molecular flexibility index (Phi) is 6.32. The SMILES string of the molecule is C=C1N=C(C(F)F)C=C(C2CCC3CC2N3C(=O)c2cc(C)nc(C3CC3)c2)N1/N=C\C(C)CC. The molecule has 2 bridgehead atoms. The molecular formula is C27H33F2N5O. The second-order valence-corrected chi connectivity index (χ2v) is 10.3. The minimum absolute atomic E-state index is 0.0102. The van der Waals surface area contributed by atoms with Gasteiger partial charge in [-0.1, -0.05) is 20.4 Å². The monoisotopic (exact) mass is 481 g/mol. The van der Waals surface area contributed by atoms with Crippen molar-refractivity contribution in [2.45, 2.75) is 83.7 Å². The van der Waals surface area contributed by atoms with E-state index in [1.807, 2.05) is 30.2 Å². The Hall–Kier alpha value is -2.90. The number of carbonyl (C=O) groups is 1. The van der Waals surface area contributed by atoms with Crippen molar-refractivity contribution in [3.8, 4) is 0 Å². The number of nitrogens with zero attached hydrogens (tertiary/aromatic N) is 5. The number of rotatable bonds is 7. The van der Waals surface area contributed by atoms with E-state index < -0.39 is 6.43 Å². The first-order chi connectivity index (χ1) is 16.8. The molecule has 2 aliphatic carbocycles. The van der Waals surface area contributed by atoms with E-state index >= 15 is 0 Å². The minimum atomic E-state index is -2.70. The summed E-state index contributed by atoms with van der Waals surface area (Å²) in [5.41, 5.74) is 2.90. The average molecular weight is 482 g/mol. The topological polar surface area (TPSA) is 61.2 Å². The molecule has 6 rings (SSSR count). The van der Waals surface area contributed by atoms with Crippen LogP contribution in [0.3, 0.4) is 0 Å². The molecule has 3 aliphatic heterocycles. The maximum Gasteiger partial charge on any atom is 0.280 e. The van der Waals surface area contributed by atoms with E-state index in [0.29, 0.717) is 17.2 Å². The summed E-state index contributed by atoms with van der Waals surface area (Å²) >= 11 is 0. The Balaban J connectivity index is 1.44. The summed E-state index contributed by atoms with van der Waals surface area (Å²) in [6.07, 6.45) is 6.26. The fraction of sp³-hybridized carbons (Fsp3) is 0.556. The molecule has 5 aliphatic rings. The predicted molar refractivity (Wildman–Crippen MR) is 132 cm³/mol. The van der Waals surface area contributed by atoms with Gasteiger partial charge < -0.3 is 4.90 Å². The predicted octanol–water partition coefficient (Wildman–Crippen LogP) is 5.67. The molecule has 2 saturated carbocycles. The molecule has 4 atom stereocenters. The van der Waals surface area contributed by atoms with Crippen molar-refractivity contribution in [2.24, 2.45) is 21.9 Å². The molecule has 0 N–H and O–H groups in total. The van der Waals surface area contributed by atoms with Crippen LogP contribution < -0.4 is 0 Å². The Morgan fingerprint density at radius 1 is 1.29 bits per heavy atom. The Morgan fingerprint density at radius 3 is 2.71 bits per heavy atom. The van der Waals surface area contributed by atoms with Crippen LogP contribution in [-0.2, 0) is 0 Å². The number of pyridine rings is 1. The van der Waals surface area contributed by atoms with E-state index in [2.05, 4.69) is 35.5 Å². The number of amides is 1. The molecule has 4 fully saturated rings. The zero-order valence-corrected chi connectivity index (χ0v) is 20.6. The van der Waals surface area contributed by atoms with Gasteiger partial charge in [-0.2, -0.15) is 5.10 Å². The third-order valence-electron chi connectivity index (χ3n) is 7.72. The molecule has 4 unspecified atom stereocenters. The summed E-state index contributed by atoms with van der Waals surface area (Å²) in [5.74, 6) is 0.793. The normalized spacial score (nSPS) is 27.1. The number of piperidine rings is 1. The highest BCUT2D eigenvalue weighted by Crippen LogP contribution is 2.48. The van der Waals surface area contributed by atoms with E-state index in [1.165, 1.54) is 6.08 Å². The highest BCUT2D eigenvalue weighted by Gasteiger charge is 2.52. The summed E-state index contributed by atoms with van der Waals surface area (Å²) < 4.78 is 27.3. The number of hydrazone groups is 1. The molecule has 0 spiro atoms. The van der Waals surface area contributed by atoms with Gasteiger partial charge in [-0.05, 0) is 69.6 Å². The quantitative estimate of drug-likeness (QED) is 0.472. The van der Waals surface area contributed by atoms with Gasteiger partial charge in [-0.25, -0.2) is 18.8 Å². The molecule has 4 heterocycles. The highest BCUT2D eigenvalue weighted by atomic mass is 19.3. The fourth-order valence-corrected chi connectivity index (χ4v) is 5.42. The standard InChI is InChI=1S/C27H33F2N5O/c1-5-15(2)14-30-34-17(4)32-23(26(28)29)13-25(34)21-9-8-20-12-24(21)33(20)27(35)19-10-16(3)31-22(11-19)18-6-7-18/h10-11,13-15,18,20-21,24,26H,4-9,12H2,1-3H3/b30-14-. The zero-order chi connectivity index (χ0) is 24.9. The van der Waals surface area contributed by atoms with Crippen molar-refractivity contribution in [1.29, 1.82) is 0 Å². The summed E-state index contributed by atoms with van der Waals surface area (Å²) in [6, 6.07) is 3.94. The second kappa shape index (κ2) is 9.28. The van der Waals surface area contributed by atoms with Gasteiger partial charge in [0, 0.05) is 47.1 Å². The van der Waals surface area contributed by atoms with Crippen molar-refractivity contribution < 1.29 is 13.6 Å². The molecule has 0 radical (unpaired) electrons. The van der Waals surface area contributed by atoms with Crippen molar-refractivity contribution in [2.75, 3.05) is 0 Å². The van der Waals surface area contributed by atoms with Crippen LogP contribution in [0.5, 0.6) is 0 Å². The van der Waals surface area contributed by atoms with Crippen molar-refractivity contribution >= 4 is 17.8 Å². The summed E-state index contributed by atoms with van der Waals surface area (Å²) in [5, 5.41) is 6.19. The first kappa shape index (κ1) is 23.8. The molecule has 1 aromatic heterocycles. The van der Waals surface area contributed by atoms with E-state index in [4.69, 9.17) is 0 Å². The van der Waals surface area contributed by atoms with Gasteiger partial charge in [0.25, 0.3) is 12.3 Å². The number of hydrogen-bond acceptors (Lipinski definition) is 5. The number of hydrogen-bond donors (Lipinski definition) is 0. The fourth-order valence-electron chi connectivity index (χ4n) is 5.42. The molecule has 1 aromatic rings. The second-order valence-electron chi connectivity index (χ2n) is 10.3. The molecule has 8 heteroatoms. The Morgan fingerprint density at radius 2 is 2.06 bits per heavy atom. The molecular weight excluding hydrogens is 448 g/mol. The third-order valence-corrected chi connectivity index (χ3v) is 7.72. The maximum absolute atomic E-state index is 13.7. The summed E-state index contributed by atoms with van der Waals surface area (Å²) in [4.78, 5) is 24.3. The van der Waals surface area contributed by atoms with E-state index in [1.54, 1.807) is 5.01 Å². The average Bonchev–Trinajstić information content (AvgIpc) is 3.67. The van der Waals surface area contributed by atoms with Gasteiger partial charge in [0.2, 0.25) is 0 Å². The number of aliphatic imine (C=N–C) groups is 1. The molecule has 6 nitrogen and oxygen atoms in total. The van der Waals surface area contributed by atoms with Crippen molar-refractivity contribution in [1.82, 2.24) is 14.9 Å². The van der Waals surface area contributed by atoms with Gasteiger partial charge >= 0.3 is 0 Å². The van der Waals surface area contributed by atoms with Crippen LogP contribution in [0, 0.1) is 18.8 Å². The Bertz CT molecular complexity index is 1120. The van der Waals surface area contributed by atoms with Crippen LogP contribution in [0.2, 0.25) is 0 Å². The van der Waals surface area contributed by atoms with E-state index in [0.717, 1.165) is 49.9 Å². The summed E-state index contributed by atoms with van der Waals surface area (Å²) in [7, 11) is 0. The van der Waals surface area contributed by atoms with Gasteiger partial charge in [0.1, 0.15) is 11.5 Å². The van der Waals surface area contributed by atoms with Crippen LogP contribution in [-0.4, -0.2) is 51.2 Å². The number of fused-ring (bicyclic) bond motifs is 2. The minimum Gasteiger partial charge on any atom is -0.332 e. The van der Waals surface area contributed by atoms with Crippen LogP contribution in [0.25, 0.3) is 0 Å². The smallest absolute Gasteiger partial charge is 0.280 e. The lowest BCUT2D eigenvalue weighted by atomic mass is 9.70. The lowest BCUT2D eigenvalue weighted by Crippen LogP contribution is -2.65. The first-order valence-corrected chi connectivity index (χ1v) is 12.7. The number of aromatic nitrogens is 1. The van der Waals surface area contributed by atoms with E-state index in [-0.39, 0.29) is 41.4 Å². The largest absolute Gasteiger partial charge is 0.332 e. The summed E-state index contributed by atoms with van der Waals surface area (Å²) in [6.45, 7) is 9.97. The number of allylic oxidation sites excluding steroid dienone is 1. The number of alkyl halides is 2. The molecule has 2 saturated heterocycles. The van der Waals surface area contributed by atoms with Gasteiger partial charge in [-0.15, -0.1) is 0 Å². The number of carbonyl (C=O) groups excluding carboxylic acids is 1. The zero-order valence-electron chi connectivity index (χ0n) is 20.6. The van der Waals surface area contributed by atoms with Crippen LogP contribution in [0.15, 0.2) is 46.4 Å². The third kappa shape index (κ3) is 4.55.